The number of carbonyl (C=O) groups excluding carboxylic acids is 1. The number of alkyl halides is 3. The lowest BCUT2D eigenvalue weighted by Crippen LogP contribution is -2.37. The van der Waals surface area contributed by atoms with Crippen LogP contribution in [0.3, 0.4) is 0 Å². The van der Waals surface area contributed by atoms with Crippen molar-refractivity contribution in [3.8, 4) is 5.75 Å². The minimum Gasteiger partial charge on any atom is -0.493 e. The fraction of sp³-hybridized carbons (Fsp3) is 0.720. The Morgan fingerprint density at radius 1 is 1.09 bits per heavy atom. The number of likely N-dealkylation sites (tertiary alicyclic amines) is 1. The molecule has 1 aliphatic carbocycles. The molecule has 1 aromatic carbocycles. The zero-order valence-electron chi connectivity index (χ0n) is 18.6. The van der Waals surface area contributed by atoms with E-state index < -0.39 is 18.1 Å². The van der Waals surface area contributed by atoms with Crippen LogP contribution in [0.1, 0.15) is 68.4 Å². The van der Waals surface area contributed by atoms with E-state index in [-0.39, 0.29) is 12.3 Å². The van der Waals surface area contributed by atoms with Gasteiger partial charge in [-0.2, -0.15) is 13.2 Å². The Labute approximate surface area is 188 Å². The van der Waals surface area contributed by atoms with E-state index in [0.717, 1.165) is 70.5 Å². The van der Waals surface area contributed by atoms with Crippen LogP contribution in [-0.4, -0.2) is 54.3 Å². The van der Waals surface area contributed by atoms with Gasteiger partial charge in [0.15, 0.2) is 5.78 Å². The molecule has 3 aliphatic rings. The summed E-state index contributed by atoms with van der Waals surface area (Å²) in [5.41, 5.74) is 2.88. The van der Waals surface area contributed by atoms with Crippen molar-refractivity contribution in [1.29, 1.82) is 0 Å². The van der Waals surface area contributed by atoms with Crippen LogP contribution < -0.4 is 4.74 Å². The highest BCUT2D eigenvalue weighted by molar-refractivity contribution is 5.83. The van der Waals surface area contributed by atoms with Gasteiger partial charge in [-0.25, -0.2) is 0 Å². The van der Waals surface area contributed by atoms with Crippen molar-refractivity contribution in [2.45, 2.75) is 76.0 Å². The number of ketones is 1. The predicted octanol–water partition coefficient (Wildman–Crippen LogP) is 4.88. The molecule has 4 nitrogen and oxygen atoms in total. The van der Waals surface area contributed by atoms with Crippen LogP contribution >= 0.6 is 0 Å². The number of ether oxygens (including phenoxy) is 1. The first kappa shape index (κ1) is 23.6. The molecule has 1 N–H and O–H groups in total. The third-order valence-corrected chi connectivity index (χ3v) is 7.73. The molecule has 2 heterocycles. The monoisotopic (exact) mass is 453 g/mol. The number of halogens is 3. The van der Waals surface area contributed by atoms with Crippen molar-refractivity contribution in [2.24, 2.45) is 11.8 Å². The van der Waals surface area contributed by atoms with Gasteiger partial charge in [-0.15, -0.1) is 0 Å². The smallest absolute Gasteiger partial charge is 0.421 e. The lowest BCUT2D eigenvalue weighted by molar-refractivity contribution is -0.204. The Balaban J connectivity index is 1.15. The van der Waals surface area contributed by atoms with E-state index in [2.05, 4.69) is 23.1 Å². The summed E-state index contributed by atoms with van der Waals surface area (Å²) in [6, 6.07) is 6.45. The first-order valence-electron chi connectivity index (χ1n) is 12.1. The molecule has 0 radical (unpaired) electrons. The van der Waals surface area contributed by atoms with Crippen LogP contribution in [0.4, 0.5) is 13.2 Å². The van der Waals surface area contributed by atoms with Crippen LogP contribution in [0.2, 0.25) is 0 Å². The molecule has 0 spiro atoms. The van der Waals surface area contributed by atoms with Gasteiger partial charge in [0.2, 0.25) is 6.10 Å². The zero-order chi connectivity index (χ0) is 22.7. The number of nitrogens with zero attached hydrogens (tertiary/aromatic N) is 1. The molecular weight excluding hydrogens is 419 g/mol. The summed E-state index contributed by atoms with van der Waals surface area (Å²) >= 11 is 0. The van der Waals surface area contributed by atoms with Crippen molar-refractivity contribution in [1.82, 2.24) is 4.90 Å². The minimum atomic E-state index is -4.85. The topological polar surface area (TPSA) is 49.8 Å². The summed E-state index contributed by atoms with van der Waals surface area (Å²) in [6.07, 6.45) is 0.145. The molecule has 4 rings (SSSR count). The van der Waals surface area contributed by atoms with Gasteiger partial charge in [-0.1, -0.05) is 25.0 Å². The number of benzene rings is 1. The highest BCUT2D eigenvalue weighted by atomic mass is 19.4. The molecule has 1 aromatic rings. The van der Waals surface area contributed by atoms with E-state index in [9.17, 15) is 18.0 Å². The average molecular weight is 454 g/mol. The van der Waals surface area contributed by atoms with Crippen LogP contribution in [0.25, 0.3) is 0 Å². The summed E-state index contributed by atoms with van der Waals surface area (Å²) in [5, 5.41) is 9.12. The fourth-order valence-electron chi connectivity index (χ4n) is 5.77. The molecule has 0 bridgehead atoms. The molecule has 0 amide bonds. The van der Waals surface area contributed by atoms with Crippen molar-refractivity contribution < 1.29 is 27.8 Å². The molecule has 2 aliphatic heterocycles. The van der Waals surface area contributed by atoms with Gasteiger partial charge in [-0.3, -0.25) is 4.79 Å². The molecule has 32 heavy (non-hydrogen) atoms. The van der Waals surface area contributed by atoms with Crippen molar-refractivity contribution in [2.75, 3.05) is 26.2 Å². The Morgan fingerprint density at radius 3 is 2.47 bits per heavy atom. The van der Waals surface area contributed by atoms with Crippen LogP contribution in [0.5, 0.6) is 5.75 Å². The van der Waals surface area contributed by atoms with Gasteiger partial charge in [0.05, 0.1) is 6.61 Å². The standard InChI is InChI=1S/C25H34F3NO3/c26-25(27,28)24(31)22(30)16-18-6-4-17(5-7-18)8-12-29-13-9-19(10-14-29)20-2-1-3-23-21(20)11-15-32-23/h1-3,17-19,24,31H,4-16H2. The maximum absolute atomic E-state index is 12.5. The van der Waals surface area contributed by atoms with Gasteiger partial charge in [0.25, 0.3) is 0 Å². The Kier molecular flexibility index (Phi) is 7.45. The van der Waals surface area contributed by atoms with Crippen molar-refractivity contribution in [3.63, 3.8) is 0 Å². The molecule has 7 heteroatoms. The normalized spacial score (nSPS) is 25.9. The number of rotatable bonds is 7. The Bertz CT molecular complexity index is 781. The summed E-state index contributed by atoms with van der Waals surface area (Å²) in [7, 11) is 0. The van der Waals surface area contributed by atoms with E-state index in [4.69, 9.17) is 9.84 Å². The van der Waals surface area contributed by atoms with E-state index in [1.165, 1.54) is 24.0 Å². The Morgan fingerprint density at radius 2 is 1.78 bits per heavy atom. The second-order valence-electron chi connectivity index (χ2n) is 9.83. The SMILES string of the molecule is O=C(CC1CCC(CCN2CCC(c3cccc4c3CCO4)CC2)CC1)C(O)C(F)(F)F. The van der Waals surface area contributed by atoms with E-state index in [1.807, 2.05) is 0 Å². The molecule has 1 unspecified atom stereocenters. The highest BCUT2D eigenvalue weighted by Gasteiger charge is 2.43. The fourth-order valence-corrected chi connectivity index (χ4v) is 5.77. The number of aliphatic hydroxyl groups is 1. The second kappa shape index (κ2) is 10.1. The van der Waals surface area contributed by atoms with Gasteiger partial charge < -0.3 is 14.7 Å². The van der Waals surface area contributed by atoms with E-state index >= 15 is 0 Å². The number of piperidine rings is 1. The third-order valence-electron chi connectivity index (χ3n) is 7.73. The maximum Gasteiger partial charge on any atom is 0.421 e. The van der Waals surface area contributed by atoms with Crippen LogP contribution in [-0.2, 0) is 11.2 Å². The first-order valence-corrected chi connectivity index (χ1v) is 12.1. The number of carbonyl (C=O) groups is 1. The number of hydrogen-bond donors (Lipinski definition) is 1. The van der Waals surface area contributed by atoms with Gasteiger partial charge >= 0.3 is 6.18 Å². The third kappa shape index (κ3) is 5.66. The van der Waals surface area contributed by atoms with Crippen molar-refractivity contribution in [3.05, 3.63) is 29.3 Å². The number of Topliss-reactive ketones (excluding diaryl/α,β-unsaturated/α-hetero) is 1. The molecule has 178 valence electrons. The van der Waals surface area contributed by atoms with Gasteiger partial charge in [0.1, 0.15) is 5.75 Å². The second-order valence-corrected chi connectivity index (χ2v) is 9.83. The summed E-state index contributed by atoms with van der Waals surface area (Å²) in [5.74, 6) is 1.15. The number of fused-ring (bicyclic) bond motifs is 1. The molecule has 1 saturated heterocycles. The predicted molar refractivity (Wildman–Crippen MR) is 116 cm³/mol. The average Bonchev–Trinajstić information content (AvgIpc) is 3.27. The number of hydrogen-bond acceptors (Lipinski definition) is 4. The quantitative estimate of drug-likeness (QED) is 0.639. The van der Waals surface area contributed by atoms with Crippen LogP contribution in [0.15, 0.2) is 18.2 Å². The van der Waals surface area contributed by atoms with E-state index in [0.29, 0.717) is 11.8 Å². The molecule has 1 atom stereocenters. The number of aliphatic hydroxyl groups excluding tert-OH is 1. The molecule has 2 fully saturated rings. The van der Waals surface area contributed by atoms with Gasteiger partial charge in [-0.05, 0) is 81.1 Å². The summed E-state index contributed by atoms with van der Waals surface area (Å²) in [6.45, 7) is 4.08. The van der Waals surface area contributed by atoms with E-state index in [1.54, 1.807) is 0 Å². The Hall–Kier alpha value is -1.60. The van der Waals surface area contributed by atoms with Gasteiger partial charge in [0, 0.05) is 18.4 Å². The molecular formula is C25H34F3NO3. The van der Waals surface area contributed by atoms with Crippen LogP contribution in [0, 0.1) is 11.8 Å². The summed E-state index contributed by atoms with van der Waals surface area (Å²) in [4.78, 5) is 14.2. The van der Waals surface area contributed by atoms with Crippen molar-refractivity contribution >= 4 is 5.78 Å². The largest absolute Gasteiger partial charge is 0.493 e. The maximum atomic E-state index is 12.5. The minimum absolute atomic E-state index is 0.0249. The molecule has 1 saturated carbocycles. The lowest BCUT2D eigenvalue weighted by Gasteiger charge is -2.35. The lowest BCUT2D eigenvalue weighted by atomic mass is 9.78. The zero-order valence-corrected chi connectivity index (χ0v) is 18.6. The first-order chi connectivity index (χ1) is 15.3. The highest BCUT2D eigenvalue weighted by Crippen LogP contribution is 2.38. The molecule has 0 aromatic heterocycles. The summed E-state index contributed by atoms with van der Waals surface area (Å²) < 4.78 is 43.2.